The Hall–Kier alpha value is -0.730. The Kier molecular flexibility index (Phi) is 4.66. The number of anilines is 1. The van der Waals surface area contributed by atoms with Crippen LogP contribution in [0.3, 0.4) is 0 Å². The van der Waals surface area contributed by atoms with Gasteiger partial charge in [-0.1, -0.05) is 12.1 Å². The summed E-state index contributed by atoms with van der Waals surface area (Å²) >= 11 is 0. The van der Waals surface area contributed by atoms with Crippen molar-refractivity contribution in [1.82, 2.24) is 0 Å². The molecule has 4 N–H and O–H groups in total. The molecule has 0 bridgehead atoms. The molecule has 0 aliphatic carbocycles. The van der Waals surface area contributed by atoms with Gasteiger partial charge in [-0.05, 0) is 30.7 Å². The van der Waals surface area contributed by atoms with Crippen molar-refractivity contribution >= 4 is 18.1 Å². The highest BCUT2D eigenvalue weighted by atomic mass is 35.5. The summed E-state index contributed by atoms with van der Waals surface area (Å²) in [5, 5.41) is 0. The first-order valence-corrected chi connectivity index (χ1v) is 3.37. The summed E-state index contributed by atoms with van der Waals surface area (Å²) in [6.07, 6.45) is 0.931. The second-order valence-corrected chi connectivity index (χ2v) is 2.28. The molecular formula is C8H13ClN2. The summed E-state index contributed by atoms with van der Waals surface area (Å²) in [6.45, 7) is 0.698. The summed E-state index contributed by atoms with van der Waals surface area (Å²) in [6, 6.07) is 7.79. The number of rotatable bonds is 2. The zero-order chi connectivity index (χ0) is 7.40. The average Bonchev–Trinajstić information content (AvgIpc) is 1.95. The lowest BCUT2D eigenvalue weighted by atomic mass is 10.1. The van der Waals surface area contributed by atoms with Crippen LogP contribution >= 0.6 is 12.4 Å². The molecule has 0 unspecified atom stereocenters. The van der Waals surface area contributed by atoms with E-state index in [1.165, 1.54) is 5.56 Å². The third kappa shape index (κ3) is 3.25. The van der Waals surface area contributed by atoms with Crippen LogP contribution in [0.25, 0.3) is 0 Å². The van der Waals surface area contributed by atoms with E-state index < -0.39 is 0 Å². The Morgan fingerprint density at radius 2 is 1.64 bits per heavy atom. The lowest BCUT2D eigenvalue weighted by molar-refractivity contribution is 0.969. The molecule has 62 valence electrons. The average molecular weight is 173 g/mol. The fourth-order valence-electron chi connectivity index (χ4n) is 0.851. The van der Waals surface area contributed by atoms with E-state index in [9.17, 15) is 0 Å². The summed E-state index contributed by atoms with van der Waals surface area (Å²) < 4.78 is 0. The van der Waals surface area contributed by atoms with Crippen molar-refractivity contribution in [3.8, 4) is 0 Å². The zero-order valence-corrected chi connectivity index (χ0v) is 7.10. The number of hydrogen-bond acceptors (Lipinski definition) is 2. The van der Waals surface area contributed by atoms with Crippen LogP contribution in [-0.2, 0) is 6.42 Å². The van der Waals surface area contributed by atoms with Gasteiger partial charge in [0.2, 0.25) is 0 Å². The van der Waals surface area contributed by atoms with E-state index in [1.54, 1.807) is 0 Å². The van der Waals surface area contributed by atoms with Crippen LogP contribution in [0.4, 0.5) is 5.69 Å². The number of benzene rings is 1. The van der Waals surface area contributed by atoms with E-state index in [1.807, 2.05) is 24.3 Å². The molecule has 2 nitrogen and oxygen atoms in total. The molecule has 0 atom stereocenters. The van der Waals surface area contributed by atoms with Crippen LogP contribution in [0.1, 0.15) is 5.56 Å². The van der Waals surface area contributed by atoms with E-state index in [0.717, 1.165) is 12.1 Å². The predicted octanol–water partition coefficient (Wildman–Crippen LogP) is 1.19. The second-order valence-electron chi connectivity index (χ2n) is 2.28. The van der Waals surface area contributed by atoms with Crippen molar-refractivity contribution in [2.75, 3.05) is 12.3 Å². The van der Waals surface area contributed by atoms with Crippen molar-refractivity contribution in [2.45, 2.75) is 6.42 Å². The van der Waals surface area contributed by atoms with Crippen LogP contribution in [-0.4, -0.2) is 6.54 Å². The second kappa shape index (κ2) is 4.99. The van der Waals surface area contributed by atoms with Crippen LogP contribution in [0, 0.1) is 0 Å². The molecule has 11 heavy (non-hydrogen) atoms. The number of halogens is 1. The molecule has 0 saturated carbocycles. The van der Waals surface area contributed by atoms with Crippen molar-refractivity contribution in [1.29, 1.82) is 0 Å². The van der Waals surface area contributed by atoms with Gasteiger partial charge >= 0.3 is 0 Å². The summed E-state index contributed by atoms with van der Waals surface area (Å²) in [7, 11) is 0. The van der Waals surface area contributed by atoms with Gasteiger partial charge in [0.15, 0.2) is 0 Å². The van der Waals surface area contributed by atoms with Gasteiger partial charge in [-0.3, -0.25) is 0 Å². The fraction of sp³-hybridized carbons (Fsp3) is 0.250. The summed E-state index contributed by atoms with van der Waals surface area (Å²) in [5.41, 5.74) is 12.9. The van der Waals surface area contributed by atoms with Gasteiger partial charge in [0.1, 0.15) is 0 Å². The van der Waals surface area contributed by atoms with Crippen LogP contribution in [0.5, 0.6) is 0 Å². The minimum absolute atomic E-state index is 0. The molecule has 0 fully saturated rings. The van der Waals surface area contributed by atoms with Gasteiger partial charge in [0, 0.05) is 5.69 Å². The van der Waals surface area contributed by atoms with E-state index in [4.69, 9.17) is 11.5 Å². The first kappa shape index (κ1) is 10.3. The van der Waals surface area contributed by atoms with Crippen molar-refractivity contribution < 1.29 is 0 Å². The van der Waals surface area contributed by atoms with Gasteiger partial charge in [0.25, 0.3) is 0 Å². The van der Waals surface area contributed by atoms with Crippen LogP contribution < -0.4 is 11.5 Å². The van der Waals surface area contributed by atoms with Crippen LogP contribution in [0.2, 0.25) is 0 Å². The molecule has 0 heterocycles. The number of nitrogens with two attached hydrogens (primary N) is 2. The lowest BCUT2D eigenvalue weighted by Gasteiger charge is -1.97. The molecule has 3 heteroatoms. The third-order valence-electron chi connectivity index (χ3n) is 1.41. The standard InChI is InChI=1S/C8H12N2.ClH/c9-6-5-7-1-3-8(10)4-2-7;/h1-4H,5-6,9-10H2;1H. The summed E-state index contributed by atoms with van der Waals surface area (Å²) in [4.78, 5) is 0. The topological polar surface area (TPSA) is 52.0 Å². The molecule has 0 spiro atoms. The number of nitrogen functional groups attached to an aromatic ring is 1. The van der Waals surface area contributed by atoms with Gasteiger partial charge < -0.3 is 11.5 Å². The predicted molar refractivity (Wildman–Crippen MR) is 50.9 cm³/mol. The molecule has 0 aliphatic heterocycles. The van der Waals surface area contributed by atoms with E-state index >= 15 is 0 Å². The molecular weight excluding hydrogens is 160 g/mol. The molecule has 1 rings (SSSR count). The maximum Gasteiger partial charge on any atom is 0.0314 e. The minimum Gasteiger partial charge on any atom is -0.399 e. The van der Waals surface area contributed by atoms with Crippen LogP contribution in [0.15, 0.2) is 24.3 Å². The minimum atomic E-state index is 0. The molecule has 0 aliphatic rings. The van der Waals surface area contributed by atoms with Gasteiger partial charge in [-0.2, -0.15) is 0 Å². The Morgan fingerprint density at radius 1 is 1.09 bits per heavy atom. The fourth-order valence-corrected chi connectivity index (χ4v) is 0.851. The Balaban J connectivity index is 0.000001000. The largest absolute Gasteiger partial charge is 0.399 e. The molecule has 0 aromatic heterocycles. The molecule has 0 radical (unpaired) electrons. The summed E-state index contributed by atoms with van der Waals surface area (Å²) in [5.74, 6) is 0. The molecule has 0 saturated heterocycles. The van der Waals surface area contributed by atoms with E-state index in [0.29, 0.717) is 6.54 Å². The van der Waals surface area contributed by atoms with E-state index in [-0.39, 0.29) is 12.4 Å². The Labute approximate surface area is 73.0 Å². The quantitative estimate of drug-likeness (QED) is 0.659. The highest BCUT2D eigenvalue weighted by Gasteiger charge is 1.88. The van der Waals surface area contributed by atoms with Gasteiger partial charge in [-0.15, -0.1) is 12.4 Å². The third-order valence-corrected chi connectivity index (χ3v) is 1.41. The zero-order valence-electron chi connectivity index (χ0n) is 6.29. The number of hydrogen-bond donors (Lipinski definition) is 2. The normalized spacial score (nSPS) is 8.82. The SMILES string of the molecule is Cl.NCCc1ccc(N)cc1. The lowest BCUT2D eigenvalue weighted by Crippen LogP contribution is -2.02. The first-order chi connectivity index (χ1) is 4.83. The molecule has 1 aromatic rings. The van der Waals surface area contributed by atoms with Gasteiger partial charge in [0.05, 0.1) is 0 Å². The highest BCUT2D eigenvalue weighted by Crippen LogP contribution is 2.04. The molecule has 1 aromatic carbocycles. The maximum atomic E-state index is 5.49. The van der Waals surface area contributed by atoms with Crippen molar-refractivity contribution in [3.05, 3.63) is 29.8 Å². The Morgan fingerprint density at radius 3 is 2.09 bits per heavy atom. The monoisotopic (exact) mass is 172 g/mol. The smallest absolute Gasteiger partial charge is 0.0314 e. The first-order valence-electron chi connectivity index (χ1n) is 3.37. The Bertz CT molecular complexity index is 196. The highest BCUT2D eigenvalue weighted by molar-refractivity contribution is 5.85. The van der Waals surface area contributed by atoms with Crippen molar-refractivity contribution in [2.24, 2.45) is 5.73 Å². The van der Waals surface area contributed by atoms with Gasteiger partial charge in [-0.25, -0.2) is 0 Å². The maximum absolute atomic E-state index is 5.49. The molecule has 0 amide bonds. The van der Waals surface area contributed by atoms with E-state index in [2.05, 4.69) is 0 Å². The van der Waals surface area contributed by atoms with Crippen molar-refractivity contribution in [3.63, 3.8) is 0 Å².